The van der Waals surface area contributed by atoms with Crippen molar-refractivity contribution in [1.82, 2.24) is 9.88 Å². The number of amides is 1. The largest absolute Gasteiger partial charge is 0.481 e. The lowest BCUT2D eigenvalue weighted by Crippen LogP contribution is -2.27. The number of carboxylic acids is 1. The van der Waals surface area contributed by atoms with Gasteiger partial charge in [0, 0.05) is 38.2 Å². The maximum absolute atomic E-state index is 11.5. The van der Waals surface area contributed by atoms with Crippen LogP contribution in [0.1, 0.15) is 32.1 Å². The van der Waals surface area contributed by atoms with Gasteiger partial charge in [0.25, 0.3) is 5.56 Å². The molecule has 0 aliphatic rings. The van der Waals surface area contributed by atoms with Gasteiger partial charge in [0.2, 0.25) is 5.91 Å². The molecule has 1 amide bonds. The van der Waals surface area contributed by atoms with Gasteiger partial charge in [-0.25, -0.2) is 0 Å². The molecule has 0 saturated carbocycles. The zero-order valence-electron chi connectivity index (χ0n) is 11.4. The third kappa shape index (κ3) is 6.72. The number of aliphatic carboxylic acids is 1. The summed E-state index contributed by atoms with van der Waals surface area (Å²) < 4.78 is 1.49. The number of hydrogen-bond acceptors (Lipinski definition) is 3. The Labute approximate surface area is 117 Å². The van der Waals surface area contributed by atoms with Gasteiger partial charge in [0.1, 0.15) is 0 Å². The summed E-state index contributed by atoms with van der Waals surface area (Å²) in [6.07, 6.45) is 4.27. The molecule has 0 fully saturated rings. The van der Waals surface area contributed by atoms with E-state index in [1.807, 2.05) is 0 Å². The highest BCUT2D eigenvalue weighted by Crippen LogP contribution is 1.98. The third-order valence-electron chi connectivity index (χ3n) is 2.87. The van der Waals surface area contributed by atoms with Crippen LogP contribution in [0.25, 0.3) is 0 Å². The first-order chi connectivity index (χ1) is 9.59. The second-order valence-electron chi connectivity index (χ2n) is 4.54. The molecule has 0 saturated heterocycles. The first kappa shape index (κ1) is 15.9. The number of aryl methyl sites for hydroxylation is 1. The third-order valence-corrected chi connectivity index (χ3v) is 2.87. The summed E-state index contributed by atoms with van der Waals surface area (Å²) in [6.45, 7) is 0.909. The van der Waals surface area contributed by atoms with Gasteiger partial charge in [-0.1, -0.05) is 12.5 Å². The smallest absolute Gasteiger partial charge is 0.303 e. The minimum Gasteiger partial charge on any atom is -0.481 e. The van der Waals surface area contributed by atoms with E-state index in [-0.39, 0.29) is 24.3 Å². The van der Waals surface area contributed by atoms with E-state index in [9.17, 15) is 14.4 Å². The van der Waals surface area contributed by atoms with Crippen LogP contribution in [-0.4, -0.2) is 28.1 Å². The predicted molar refractivity (Wildman–Crippen MR) is 74.4 cm³/mol. The van der Waals surface area contributed by atoms with Crippen LogP contribution in [0, 0.1) is 0 Å². The van der Waals surface area contributed by atoms with Crippen LogP contribution < -0.4 is 10.9 Å². The number of aromatic nitrogens is 1. The molecule has 0 spiro atoms. The number of hydrogen-bond donors (Lipinski definition) is 2. The van der Waals surface area contributed by atoms with E-state index < -0.39 is 5.97 Å². The predicted octanol–water partition coefficient (Wildman–Crippen LogP) is 1.000. The molecule has 0 radical (unpaired) electrons. The lowest BCUT2D eigenvalue weighted by atomic mass is 10.2. The first-order valence-electron chi connectivity index (χ1n) is 6.73. The molecule has 0 bridgehead atoms. The van der Waals surface area contributed by atoms with Crippen LogP contribution in [0.4, 0.5) is 0 Å². The molecule has 6 nitrogen and oxygen atoms in total. The van der Waals surface area contributed by atoms with E-state index in [0.717, 1.165) is 12.8 Å². The van der Waals surface area contributed by atoms with Crippen molar-refractivity contribution in [3.63, 3.8) is 0 Å². The summed E-state index contributed by atoms with van der Waals surface area (Å²) in [5.74, 6) is -0.888. The van der Waals surface area contributed by atoms with Gasteiger partial charge in [-0.3, -0.25) is 14.4 Å². The van der Waals surface area contributed by atoms with Crippen molar-refractivity contribution in [2.75, 3.05) is 6.54 Å². The van der Waals surface area contributed by atoms with E-state index in [2.05, 4.69) is 5.32 Å². The Morgan fingerprint density at radius 1 is 1.15 bits per heavy atom. The standard InChI is InChI=1S/C14H20N2O4/c17-12(15-9-4-1-2-7-14(19)20)8-11-16-10-5-3-6-13(16)18/h3,5-6,10H,1-2,4,7-9,11H2,(H,15,17)(H,19,20). The Morgan fingerprint density at radius 3 is 2.65 bits per heavy atom. The maximum atomic E-state index is 11.5. The van der Waals surface area contributed by atoms with Gasteiger partial charge < -0.3 is 15.0 Å². The van der Waals surface area contributed by atoms with Gasteiger partial charge in [0.15, 0.2) is 0 Å². The van der Waals surface area contributed by atoms with Crippen molar-refractivity contribution in [2.24, 2.45) is 0 Å². The average Bonchev–Trinajstić information content (AvgIpc) is 2.41. The molecule has 1 aromatic rings. The zero-order chi connectivity index (χ0) is 14.8. The molecule has 0 aliphatic carbocycles. The van der Waals surface area contributed by atoms with Crippen molar-refractivity contribution < 1.29 is 14.7 Å². The maximum Gasteiger partial charge on any atom is 0.303 e. The lowest BCUT2D eigenvalue weighted by Gasteiger charge is -2.06. The van der Waals surface area contributed by atoms with Crippen LogP contribution in [0.15, 0.2) is 29.2 Å². The van der Waals surface area contributed by atoms with Crippen LogP contribution in [0.2, 0.25) is 0 Å². The quantitative estimate of drug-likeness (QED) is 0.660. The summed E-state index contributed by atoms with van der Waals surface area (Å²) in [5.41, 5.74) is -0.117. The van der Waals surface area contributed by atoms with Crippen LogP contribution in [0.3, 0.4) is 0 Å². The lowest BCUT2D eigenvalue weighted by molar-refractivity contribution is -0.137. The van der Waals surface area contributed by atoms with Crippen molar-refractivity contribution >= 4 is 11.9 Å². The number of unbranched alkanes of at least 4 members (excludes halogenated alkanes) is 2. The number of rotatable bonds is 9. The summed E-state index contributed by atoms with van der Waals surface area (Å²) in [6, 6.07) is 4.87. The highest BCUT2D eigenvalue weighted by Gasteiger charge is 2.02. The Bertz CT molecular complexity index is 496. The number of carboxylic acid groups (broad SMARTS) is 1. The number of pyridine rings is 1. The Balaban J connectivity index is 2.11. The highest BCUT2D eigenvalue weighted by atomic mass is 16.4. The number of carbonyl (C=O) groups excluding carboxylic acids is 1. The summed E-state index contributed by atoms with van der Waals surface area (Å²) >= 11 is 0. The van der Waals surface area contributed by atoms with Crippen molar-refractivity contribution in [1.29, 1.82) is 0 Å². The normalized spacial score (nSPS) is 10.2. The van der Waals surface area contributed by atoms with E-state index in [1.54, 1.807) is 18.3 Å². The highest BCUT2D eigenvalue weighted by molar-refractivity contribution is 5.75. The second kappa shape index (κ2) is 8.90. The molecule has 0 unspecified atom stereocenters. The van der Waals surface area contributed by atoms with Crippen molar-refractivity contribution in [3.8, 4) is 0 Å². The fourth-order valence-corrected chi connectivity index (χ4v) is 1.76. The number of nitrogens with one attached hydrogen (secondary N) is 1. The van der Waals surface area contributed by atoms with E-state index in [4.69, 9.17) is 5.11 Å². The minimum absolute atomic E-state index is 0.0982. The number of nitrogens with zero attached hydrogens (tertiary/aromatic N) is 1. The summed E-state index contributed by atoms with van der Waals surface area (Å²) in [7, 11) is 0. The average molecular weight is 280 g/mol. The van der Waals surface area contributed by atoms with Gasteiger partial charge >= 0.3 is 5.97 Å². The molecule has 6 heteroatoms. The SMILES string of the molecule is O=C(O)CCCCCNC(=O)CCn1ccccc1=O. The van der Waals surface area contributed by atoms with E-state index in [0.29, 0.717) is 19.5 Å². The fourth-order valence-electron chi connectivity index (χ4n) is 1.76. The van der Waals surface area contributed by atoms with Crippen LogP contribution in [-0.2, 0) is 16.1 Å². The molecule has 0 aliphatic heterocycles. The molecule has 0 atom stereocenters. The van der Waals surface area contributed by atoms with Crippen LogP contribution >= 0.6 is 0 Å². The Kier molecular flexibility index (Phi) is 7.10. The molecule has 0 aromatic carbocycles. The van der Waals surface area contributed by atoms with Gasteiger partial charge in [0.05, 0.1) is 0 Å². The summed E-state index contributed by atoms with van der Waals surface area (Å²) in [4.78, 5) is 33.2. The molecule has 20 heavy (non-hydrogen) atoms. The van der Waals surface area contributed by atoms with E-state index >= 15 is 0 Å². The minimum atomic E-state index is -0.790. The zero-order valence-corrected chi connectivity index (χ0v) is 11.4. The first-order valence-corrected chi connectivity index (χ1v) is 6.73. The van der Waals surface area contributed by atoms with Gasteiger partial charge in [-0.15, -0.1) is 0 Å². The molecular formula is C14H20N2O4. The molecule has 110 valence electrons. The molecule has 1 aromatic heterocycles. The second-order valence-corrected chi connectivity index (χ2v) is 4.54. The molecular weight excluding hydrogens is 260 g/mol. The Morgan fingerprint density at radius 2 is 1.95 bits per heavy atom. The van der Waals surface area contributed by atoms with Gasteiger partial charge in [-0.05, 0) is 18.9 Å². The fraction of sp³-hybridized carbons (Fsp3) is 0.500. The number of carbonyl (C=O) groups is 2. The van der Waals surface area contributed by atoms with Gasteiger partial charge in [-0.2, -0.15) is 0 Å². The molecule has 1 heterocycles. The van der Waals surface area contributed by atoms with Crippen molar-refractivity contribution in [2.45, 2.75) is 38.6 Å². The molecule has 2 N–H and O–H groups in total. The monoisotopic (exact) mass is 280 g/mol. The van der Waals surface area contributed by atoms with Crippen molar-refractivity contribution in [3.05, 3.63) is 34.7 Å². The van der Waals surface area contributed by atoms with E-state index in [1.165, 1.54) is 10.6 Å². The molecule has 1 rings (SSSR count). The topological polar surface area (TPSA) is 88.4 Å². The Hall–Kier alpha value is -2.11. The van der Waals surface area contributed by atoms with Crippen LogP contribution in [0.5, 0.6) is 0 Å². The summed E-state index contributed by atoms with van der Waals surface area (Å²) in [5, 5.41) is 11.2.